The van der Waals surface area contributed by atoms with Gasteiger partial charge in [-0.1, -0.05) is 25.8 Å². The quantitative estimate of drug-likeness (QED) is 0.638. The monoisotopic (exact) mass is 321 g/mol. The van der Waals surface area contributed by atoms with Gasteiger partial charge in [-0.2, -0.15) is 0 Å². The Morgan fingerprint density at radius 1 is 1.17 bits per heavy atom. The number of fused-ring (bicyclic) bond motifs is 1. The molecule has 0 bridgehead atoms. The van der Waals surface area contributed by atoms with Gasteiger partial charge in [0.25, 0.3) is 0 Å². The molecule has 24 heavy (non-hydrogen) atoms. The highest BCUT2D eigenvalue weighted by atomic mass is 15.1. The Morgan fingerprint density at radius 2 is 2.04 bits per heavy atom. The number of aromatic nitrogens is 4. The van der Waals surface area contributed by atoms with Crippen molar-refractivity contribution in [3.8, 4) is 0 Å². The van der Waals surface area contributed by atoms with E-state index in [0.717, 1.165) is 36.5 Å². The summed E-state index contributed by atoms with van der Waals surface area (Å²) in [5, 5.41) is 3.39. The van der Waals surface area contributed by atoms with Crippen LogP contribution in [0.5, 0.6) is 0 Å². The third-order valence-electron chi connectivity index (χ3n) is 3.93. The van der Waals surface area contributed by atoms with Crippen molar-refractivity contribution in [2.45, 2.75) is 32.6 Å². The van der Waals surface area contributed by atoms with Crippen molar-refractivity contribution in [1.29, 1.82) is 0 Å². The van der Waals surface area contributed by atoms with Crippen molar-refractivity contribution < 1.29 is 0 Å². The van der Waals surface area contributed by atoms with E-state index in [-0.39, 0.29) is 0 Å². The molecule has 0 unspecified atom stereocenters. The highest BCUT2D eigenvalue weighted by Crippen LogP contribution is 2.15. The van der Waals surface area contributed by atoms with Gasteiger partial charge in [0, 0.05) is 31.3 Å². The molecule has 3 aromatic heterocycles. The van der Waals surface area contributed by atoms with Crippen molar-refractivity contribution in [3.63, 3.8) is 0 Å². The van der Waals surface area contributed by atoms with Crippen molar-refractivity contribution >= 4 is 17.5 Å². The van der Waals surface area contributed by atoms with Crippen molar-refractivity contribution in [3.05, 3.63) is 60.5 Å². The van der Waals surface area contributed by atoms with E-state index in [1.165, 1.54) is 18.4 Å². The molecule has 0 radical (unpaired) electrons. The van der Waals surface area contributed by atoms with Crippen LogP contribution in [0, 0.1) is 0 Å². The van der Waals surface area contributed by atoms with E-state index in [1.54, 1.807) is 0 Å². The average molecular weight is 321 g/mol. The van der Waals surface area contributed by atoms with Gasteiger partial charge in [0.1, 0.15) is 0 Å². The van der Waals surface area contributed by atoms with Crippen LogP contribution in [-0.2, 0) is 6.42 Å². The van der Waals surface area contributed by atoms with Gasteiger partial charge in [0.15, 0.2) is 11.5 Å². The molecule has 5 nitrogen and oxygen atoms in total. The maximum Gasteiger partial charge on any atom is 0.180 e. The molecule has 0 amide bonds. The second kappa shape index (κ2) is 8.24. The Bertz CT molecular complexity index is 792. The fraction of sp³-hybridized carbons (Fsp3) is 0.316. The van der Waals surface area contributed by atoms with E-state index in [9.17, 15) is 0 Å². The largest absolute Gasteiger partial charge is 0.367 e. The van der Waals surface area contributed by atoms with Crippen LogP contribution < -0.4 is 5.32 Å². The third kappa shape index (κ3) is 3.98. The van der Waals surface area contributed by atoms with E-state index in [4.69, 9.17) is 0 Å². The molecule has 3 aromatic rings. The molecule has 0 aliphatic heterocycles. The summed E-state index contributed by atoms with van der Waals surface area (Å²) in [4.78, 5) is 13.0. The first-order valence-electron chi connectivity index (χ1n) is 8.50. The lowest BCUT2D eigenvalue weighted by molar-refractivity contribution is 0.816. The first-order chi connectivity index (χ1) is 11.9. The number of nitrogens with one attached hydrogen (secondary N) is 1. The Balaban J connectivity index is 1.68. The second-order valence-corrected chi connectivity index (χ2v) is 5.73. The van der Waals surface area contributed by atoms with Crippen molar-refractivity contribution in [2.75, 3.05) is 11.9 Å². The van der Waals surface area contributed by atoms with E-state index in [0.29, 0.717) is 0 Å². The number of pyridine rings is 1. The van der Waals surface area contributed by atoms with Gasteiger partial charge in [-0.05, 0) is 36.6 Å². The minimum Gasteiger partial charge on any atom is -0.367 e. The number of imidazole rings is 1. The lowest BCUT2D eigenvalue weighted by atomic mass is 10.2. The molecule has 0 saturated heterocycles. The van der Waals surface area contributed by atoms with Crippen LogP contribution in [0.15, 0.2) is 49.2 Å². The summed E-state index contributed by atoms with van der Waals surface area (Å²) in [6, 6.07) is 4.06. The SMILES string of the molecule is CCCC/C=C\c1cnc2c(NCCc3ccncc3)nccn12. The van der Waals surface area contributed by atoms with Crippen LogP contribution in [0.3, 0.4) is 0 Å². The van der Waals surface area contributed by atoms with Crippen molar-refractivity contribution in [1.82, 2.24) is 19.4 Å². The molecule has 5 heteroatoms. The smallest absolute Gasteiger partial charge is 0.180 e. The Morgan fingerprint density at radius 3 is 2.88 bits per heavy atom. The van der Waals surface area contributed by atoms with Gasteiger partial charge in [0.2, 0.25) is 0 Å². The van der Waals surface area contributed by atoms with Crippen LogP contribution in [0.25, 0.3) is 11.7 Å². The minimum atomic E-state index is 0.811. The molecule has 0 spiro atoms. The summed E-state index contributed by atoms with van der Waals surface area (Å²) in [5.41, 5.74) is 3.20. The van der Waals surface area contributed by atoms with Crippen LogP contribution >= 0.6 is 0 Å². The standard InChI is InChI=1S/C19H23N5/c1-2-3-4-5-6-17-15-23-19-18(22-13-14-24(17)19)21-12-9-16-7-10-20-11-8-16/h5-8,10-11,13-15H,2-4,9,12H2,1H3,(H,21,22)/b6-5-. The van der Waals surface area contributed by atoms with Crippen LogP contribution in [-0.4, -0.2) is 25.9 Å². The Kier molecular flexibility index (Phi) is 5.56. The molecular formula is C19H23N5. The van der Waals surface area contributed by atoms with Crippen LogP contribution in [0.4, 0.5) is 5.82 Å². The molecule has 0 atom stereocenters. The summed E-state index contributed by atoms with van der Waals surface area (Å²) < 4.78 is 2.07. The average Bonchev–Trinajstić information content (AvgIpc) is 3.04. The third-order valence-corrected chi connectivity index (χ3v) is 3.93. The summed E-state index contributed by atoms with van der Waals surface area (Å²) in [6.07, 6.45) is 18.1. The number of hydrogen-bond acceptors (Lipinski definition) is 4. The lowest BCUT2D eigenvalue weighted by Crippen LogP contribution is -2.08. The molecule has 0 aliphatic carbocycles. The number of hydrogen-bond donors (Lipinski definition) is 1. The van der Waals surface area contributed by atoms with Gasteiger partial charge in [-0.15, -0.1) is 0 Å². The predicted octanol–water partition coefficient (Wildman–Crippen LogP) is 3.98. The molecule has 3 heterocycles. The fourth-order valence-electron chi connectivity index (χ4n) is 2.59. The summed E-state index contributed by atoms with van der Waals surface area (Å²) in [5.74, 6) is 0.819. The Hall–Kier alpha value is -2.69. The number of allylic oxidation sites excluding steroid dienone is 1. The van der Waals surface area contributed by atoms with Gasteiger partial charge in [-0.25, -0.2) is 9.97 Å². The van der Waals surface area contributed by atoms with Crippen LogP contribution in [0.1, 0.15) is 37.4 Å². The zero-order chi connectivity index (χ0) is 16.6. The summed E-state index contributed by atoms with van der Waals surface area (Å²) >= 11 is 0. The van der Waals surface area contributed by atoms with Gasteiger partial charge < -0.3 is 5.32 Å². The number of unbranched alkanes of at least 4 members (excludes halogenated alkanes) is 2. The maximum absolute atomic E-state index is 4.52. The lowest BCUT2D eigenvalue weighted by Gasteiger charge is -2.07. The molecule has 1 N–H and O–H groups in total. The molecule has 0 saturated carbocycles. The van der Waals surface area contributed by atoms with E-state index in [1.807, 2.05) is 43.1 Å². The molecular weight excluding hydrogens is 298 g/mol. The van der Waals surface area contributed by atoms with Crippen molar-refractivity contribution in [2.24, 2.45) is 0 Å². The van der Waals surface area contributed by atoms with E-state index >= 15 is 0 Å². The molecule has 0 aromatic carbocycles. The fourth-order valence-corrected chi connectivity index (χ4v) is 2.59. The maximum atomic E-state index is 4.52. The van der Waals surface area contributed by atoms with Gasteiger partial charge >= 0.3 is 0 Å². The topological polar surface area (TPSA) is 55.1 Å². The zero-order valence-electron chi connectivity index (χ0n) is 14.0. The Labute approximate surface area is 142 Å². The van der Waals surface area contributed by atoms with E-state index < -0.39 is 0 Å². The first-order valence-corrected chi connectivity index (χ1v) is 8.50. The highest BCUT2D eigenvalue weighted by Gasteiger charge is 2.06. The molecule has 0 aliphatic rings. The minimum absolute atomic E-state index is 0.811. The van der Waals surface area contributed by atoms with Gasteiger partial charge in [0.05, 0.1) is 11.9 Å². The summed E-state index contributed by atoms with van der Waals surface area (Å²) in [6.45, 7) is 3.02. The first kappa shape index (κ1) is 16.2. The molecule has 124 valence electrons. The highest BCUT2D eigenvalue weighted by molar-refractivity contribution is 5.65. The number of nitrogens with zero attached hydrogens (tertiary/aromatic N) is 4. The summed E-state index contributed by atoms with van der Waals surface area (Å²) in [7, 11) is 0. The number of anilines is 1. The molecule has 0 fully saturated rings. The zero-order valence-corrected chi connectivity index (χ0v) is 14.0. The van der Waals surface area contributed by atoms with Gasteiger partial charge in [-0.3, -0.25) is 9.38 Å². The predicted molar refractivity (Wildman–Crippen MR) is 98.0 cm³/mol. The van der Waals surface area contributed by atoms with E-state index in [2.05, 4.69) is 43.7 Å². The van der Waals surface area contributed by atoms with Crippen LogP contribution in [0.2, 0.25) is 0 Å². The second-order valence-electron chi connectivity index (χ2n) is 5.73. The normalized spacial score (nSPS) is 11.4. The number of rotatable bonds is 8. The molecule has 3 rings (SSSR count).